The number of anilines is 1. The van der Waals surface area contributed by atoms with Crippen LogP contribution in [-0.2, 0) is 18.9 Å². The van der Waals surface area contributed by atoms with E-state index in [-0.39, 0.29) is 17.0 Å². The maximum absolute atomic E-state index is 13.7. The van der Waals surface area contributed by atoms with Crippen LogP contribution >= 0.6 is 0 Å². The lowest BCUT2D eigenvalue weighted by Crippen LogP contribution is -2.48. The predicted molar refractivity (Wildman–Crippen MR) is 130 cm³/mol. The van der Waals surface area contributed by atoms with Crippen LogP contribution in [0.25, 0.3) is 0 Å². The van der Waals surface area contributed by atoms with Gasteiger partial charge in [-0.25, -0.2) is 13.8 Å². The predicted octanol–water partition coefficient (Wildman–Crippen LogP) is 5.28. The van der Waals surface area contributed by atoms with E-state index in [2.05, 4.69) is 23.3 Å². The molecule has 0 bridgehead atoms. The molecule has 7 heteroatoms. The van der Waals surface area contributed by atoms with E-state index in [0.717, 1.165) is 29.4 Å². The Balaban J connectivity index is 1.59. The summed E-state index contributed by atoms with van der Waals surface area (Å²) in [5.41, 5.74) is 4.13. The van der Waals surface area contributed by atoms with E-state index < -0.39 is 5.92 Å². The van der Waals surface area contributed by atoms with E-state index in [4.69, 9.17) is 4.99 Å². The molecule has 0 N–H and O–H groups in total. The molecule has 176 valence electrons. The van der Waals surface area contributed by atoms with Gasteiger partial charge in [0.2, 0.25) is 5.96 Å². The molecule has 2 aromatic carbocycles. The summed E-state index contributed by atoms with van der Waals surface area (Å²) < 4.78 is 29.4. The van der Waals surface area contributed by atoms with E-state index in [1.54, 1.807) is 24.1 Å². The number of aromatic nitrogens is 1. The summed E-state index contributed by atoms with van der Waals surface area (Å²) >= 11 is 0. The van der Waals surface area contributed by atoms with E-state index in [9.17, 15) is 13.6 Å². The molecule has 0 aliphatic carbocycles. The lowest BCUT2D eigenvalue weighted by molar-refractivity contribution is 0.0174. The van der Waals surface area contributed by atoms with Crippen LogP contribution in [0.2, 0.25) is 0 Å². The Morgan fingerprint density at radius 2 is 1.71 bits per heavy atom. The van der Waals surface area contributed by atoms with Gasteiger partial charge in [-0.3, -0.25) is 9.69 Å². The van der Waals surface area contributed by atoms with Crippen LogP contribution in [0.5, 0.6) is 0 Å². The van der Waals surface area contributed by atoms with Gasteiger partial charge in [-0.15, -0.1) is 0 Å². The Kier molecular flexibility index (Phi) is 5.11. The summed E-state index contributed by atoms with van der Waals surface area (Å²) in [7, 11) is 1.77. The molecule has 5 rings (SSSR count). The third-order valence-corrected chi connectivity index (χ3v) is 6.50. The van der Waals surface area contributed by atoms with Crippen molar-refractivity contribution in [1.29, 1.82) is 0 Å². The molecule has 0 unspecified atom stereocenters. The number of nitrogens with zero attached hydrogens (tertiary/aromatic N) is 4. The Labute approximate surface area is 198 Å². The van der Waals surface area contributed by atoms with Crippen molar-refractivity contribution >= 4 is 17.6 Å². The van der Waals surface area contributed by atoms with Gasteiger partial charge >= 0.3 is 0 Å². The van der Waals surface area contributed by atoms with Crippen molar-refractivity contribution in [2.45, 2.75) is 45.2 Å². The molecule has 0 radical (unpaired) electrons. The molecule has 0 fully saturated rings. The number of carbonyl (C=O) groups is 1. The van der Waals surface area contributed by atoms with Gasteiger partial charge < -0.3 is 9.47 Å². The van der Waals surface area contributed by atoms with Crippen LogP contribution in [0.3, 0.4) is 0 Å². The summed E-state index contributed by atoms with van der Waals surface area (Å²) in [5.74, 6) is -2.28. The minimum atomic E-state index is -2.88. The van der Waals surface area contributed by atoms with Crippen LogP contribution in [0.1, 0.15) is 53.5 Å². The molecule has 2 aliphatic heterocycles. The van der Waals surface area contributed by atoms with E-state index in [1.165, 1.54) is 12.1 Å². The number of hydrogen-bond acceptors (Lipinski definition) is 3. The Morgan fingerprint density at radius 3 is 2.35 bits per heavy atom. The molecule has 0 saturated heterocycles. The van der Waals surface area contributed by atoms with Crippen molar-refractivity contribution in [1.82, 2.24) is 9.47 Å². The fraction of sp³-hybridized carbons (Fsp3) is 0.333. The minimum Gasteiger partial charge on any atom is -0.344 e. The highest BCUT2D eigenvalue weighted by Gasteiger charge is 2.43. The standard InChI is InChI=1S/C27H28F2N4O/c1-26(2)17-33-22-16-32(15-19-10-12-20(13-11-19)27(3,28)29)21(14-18-8-6-5-7-9-18)23(22)24(34)31(4)25(33)30-26/h5-13,16H,14-15,17H2,1-4H3. The SMILES string of the molecule is CN1C(=O)c2c(cn(Cc3ccc(C(C)(F)F)cc3)c2Cc2ccccc2)N2CC(C)(C)N=C12. The molecule has 0 saturated carbocycles. The lowest BCUT2D eigenvalue weighted by Gasteiger charge is -2.32. The van der Waals surface area contributed by atoms with Gasteiger partial charge in [0.25, 0.3) is 11.8 Å². The highest BCUT2D eigenvalue weighted by molar-refractivity contribution is 6.20. The zero-order valence-electron chi connectivity index (χ0n) is 19.8. The van der Waals surface area contributed by atoms with Gasteiger partial charge in [0.05, 0.1) is 23.3 Å². The van der Waals surface area contributed by atoms with Gasteiger partial charge in [-0.2, -0.15) is 0 Å². The van der Waals surface area contributed by atoms with Crippen LogP contribution in [0.4, 0.5) is 14.5 Å². The van der Waals surface area contributed by atoms with Crippen LogP contribution in [-0.4, -0.2) is 40.5 Å². The Morgan fingerprint density at radius 1 is 1.03 bits per heavy atom. The number of amides is 1. The first kappa shape index (κ1) is 22.3. The quantitative estimate of drug-likeness (QED) is 0.518. The van der Waals surface area contributed by atoms with Crippen molar-refractivity contribution in [3.05, 3.63) is 88.7 Å². The fourth-order valence-corrected chi connectivity index (χ4v) is 4.77. The average molecular weight is 463 g/mol. The average Bonchev–Trinajstić information content (AvgIpc) is 3.30. The molecule has 34 heavy (non-hydrogen) atoms. The van der Waals surface area contributed by atoms with E-state index >= 15 is 0 Å². The zero-order valence-corrected chi connectivity index (χ0v) is 19.8. The van der Waals surface area contributed by atoms with Crippen molar-refractivity contribution in [3.8, 4) is 0 Å². The number of benzene rings is 2. The van der Waals surface area contributed by atoms with Crippen molar-refractivity contribution in [3.63, 3.8) is 0 Å². The summed E-state index contributed by atoms with van der Waals surface area (Å²) in [4.78, 5) is 22.1. The number of halogens is 2. The summed E-state index contributed by atoms with van der Waals surface area (Å²) in [5, 5.41) is 0. The topological polar surface area (TPSA) is 40.8 Å². The summed E-state index contributed by atoms with van der Waals surface area (Å²) in [6, 6.07) is 16.5. The molecule has 0 spiro atoms. The Hall–Kier alpha value is -3.48. The van der Waals surface area contributed by atoms with Gasteiger partial charge in [0.1, 0.15) is 0 Å². The number of fused-ring (bicyclic) bond motifs is 3. The molecule has 3 aromatic rings. The first-order valence-electron chi connectivity index (χ1n) is 11.4. The number of rotatable bonds is 5. The third kappa shape index (κ3) is 3.89. The van der Waals surface area contributed by atoms with Crippen LogP contribution in [0, 0.1) is 0 Å². The first-order chi connectivity index (χ1) is 16.0. The van der Waals surface area contributed by atoms with Crippen LogP contribution < -0.4 is 4.90 Å². The second-order valence-electron chi connectivity index (χ2n) is 9.89. The number of aliphatic imine (C=N–C) groups is 1. The number of hydrogen-bond donors (Lipinski definition) is 0. The number of alkyl halides is 2. The van der Waals surface area contributed by atoms with Gasteiger partial charge in [-0.1, -0.05) is 54.6 Å². The van der Waals surface area contributed by atoms with Crippen LogP contribution in [0.15, 0.2) is 65.8 Å². The zero-order chi connectivity index (χ0) is 24.3. The molecule has 1 aromatic heterocycles. The van der Waals surface area contributed by atoms with Crippen molar-refractivity contribution < 1.29 is 13.6 Å². The number of carbonyl (C=O) groups excluding carboxylic acids is 1. The first-order valence-corrected chi connectivity index (χ1v) is 11.4. The molecular weight excluding hydrogens is 434 g/mol. The maximum atomic E-state index is 13.7. The van der Waals surface area contributed by atoms with Crippen molar-refractivity contribution in [2.75, 3.05) is 18.5 Å². The molecule has 5 nitrogen and oxygen atoms in total. The van der Waals surface area contributed by atoms with E-state index in [1.807, 2.05) is 36.5 Å². The lowest BCUT2D eigenvalue weighted by atomic mass is 10.0. The molecular formula is C27H28F2N4O. The van der Waals surface area contributed by atoms with E-state index in [0.29, 0.717) is 31.0 Å². The molecule has 2 aliphatic rings. The number of guanidine groups is 1. The maximum Gasteiger partial charge on any atom is 0.270 e. The summed E-state index contributed by atoms with van der Waals surface area (Å²) in [6.45, 7) is 6.18. The highest BCUT2D eigenvalue weighted by Crippen LogP contribution is 2.38. The summed E-state index contributed by atoms with van der Waals surface area (Å²) in [6.07, 6.45) is 2.60. The fourth-order valence-electron chi connectivity index (χ4n) is 4.77. The van der Waals surface area contributed by atoms with Gasteiger partial charge in [-0.05, 0) is 25.0 Å². The Bertz CT molecular complexity index is 1270. The van der Waals surface area contributed by atoms with Gasteiger partial charge in [0.15, 0.2) is 0 Å². The molecule has 1 amide bonds. The second-order valence-corrected chi connectivity index (χ2v) is 9.89. The molecule has 0 atom stereocenters. The minimum absolute atomic E-state index is 0.00971. The normalized spacial score (nSPS) is 17.0. The third-order valence-electron chi connectivity index (χ3n) is 6.50. The second kappa shape index (κ2) is 7.79. The molecule has 3 heterocycles. The van der Waals surface area contributed by atoms with Crippen molar-refractivity contribution in [2.24, 2.45) is 4.99 Å². The monoisotopic (exact) mass is 462 g/mol. The smallest absolute Gasteiger partial charge is 0.270 e. The highest BCUT2D eigenvalue weighted by atomic mass is 19.3. The van der Waals surface area contributed by atoms with Gasteiger partial charge in [0, 0.05) is 44.4 Å². The largest absolute Gasteiger partial charge is 0.344 e.